The van der Waals surface area contributed by atoms with Crippen molar-refractivity contribution >= 4 is 53.8 Å². The zero-order valence-electron chi connectivity index (χ0n) is 17.5. The van der Waals surface area contributed by atoms with E-state index in [2.05, 4.69) is 5.32 Å². The molecule has 0 spiro atoms. The minimum absolute atomic E-state index is 0.145. The van der Waals surface area contributed by atoms with Gasteiger partial charge in [0.25, 0.3) is 5.91 Å². The van der Waals surface area contributed by atoms with Gasteiger partial charge in [0.2, 0.25) is 10.0 Å². The van der Waals surface area contributed by atoms with E-state index in [9.17, 15) is 13.2 Å². The highest BCUT2D eigenvalue weighted by molar-refractivity contribution is 7.89. The molecule has 0 saturated heterocycles. The van der Waals surface area contributed by atoms with Crippen LogP contribution in [0.5, 0.6) is 0 Å². The third kappa shape index (κ3) is 4.01. The summed E-state index contributed by atoms with van der Waals surface area (Å²) in [5.74, 6) is -0.294. The molecule has 31 heavy (non-hydrogen) atoms. The Morgan fingerprint density at radius 2 is 1.68 bits per heavy atom. The Morgan fingerprint density at radius 1 is 1.00 bits per heavy atom. The number of aromatic nitrogens is 1. The third-order valence-electron chi connectivity index (χ3n) is 5.02. The average molecular weight is 472 g/mol. The Hall–Kier alpha value is -2.59. The standard InChI is InChI=1S/C22H21N3O3S3/c1-13-14(2)29-22(19(13)21-23-17-7-5-6-8-18(17)30-21)24-20(26)15-9-11-16(12-10-15)31(27,28)25(3)4/h5-12H,1-4H3,(H,24,26). The van der Waals surface area contributed by atoms with Gasteiger partial charge in [-0.25, -0.2) is 17.7 Å². The maximum Gasteiger partial charge on any atom is 0.256 e. The molecular weight excluding hydrogens is 450 g/mol. The van der Waals surface area contributed by atoms with Gasteiger partial charge in [-0.1, -0.05) is 12.1 Å². The summed E-state index contributed by atoms with van der Waals surface area (Å²) < 4.78 is 26.7. The van der Waals surface area contributed by atoms with Gasteiger partial charge in [-0.2, -0.15) is 0 Å². The number of hydrogen-bond acceptors (Lipinski definition) is 6. The van der Waals surface area contributed by atoms with Gasteiger partial charge in [-0.3, -0.25) is 4.79 Å². The fourth-order valence-electron chi connectivity index (χ4n) is 3.12. The molecule has 9 heteroatoms. The molecule has 0 aliphatic rings. The fourth-order valence-corrected chi connectivity index (χ4v) is 6.21. The van der Waals surface area contributed by atoms with Gasteiger partial charge in [0.1, 0.15) is 10.0 Å². The number of para-hydroxylation sites is 1. The first-order chi connectivity index (χ1) is 14.7. The molecule has 1 N–H and O–H groups in total. The van der Waals surface area contributed by atoms with E-state index in [1.54, 1.807) is 11.3 Å². The van der Waals surface area contributed by atoms with E-state index in [0.29, 0.717) is 5.56 Å². The number of carbonyl (C=O) groups excluding carboxylic acids is 1. The highest BCUT2D eigenvalue weighted by Gasteiger charge is 2.21. The molecule has 0 fully saturated rings. The number of nitrogens with one attached hydrogen (secondary N) is 1. The van der Waals surface area contributed by atoms with Crippen LogP contribution >= 0.6 is 22.7 Å². The van der Waals surface area contributed by atoms with Crippen molar-refractivity contribution < 1.29 is 13.2 Å². The summed E-state index contributed by atoms with van der Waals surface area (Å²) >= 11 is 3.11. The second-order valence-corrected chi connectivity index (χ2v) is 11.6. The van der Waals surface area contributed by atoms with E-state index in [0.717, 1.165) is 40.5 Å². The third-order valence-corrected chi connectivity index (χ3v) is 9.02. The highest BCUT2D eigenvalue weighted by atomic mass is 32.2. The van der Waals surface area contributed by atoms with E-state index < -0.39 is 10.0 Å². The van der Waals surface area contributed by atoms with Crippen molar-refractivity contribution in [2.24, 2.45) is 0 Å². The molecule has 4 aromatic rings. The number of amides is 1. The number of hydrogen-bond donors (Lipinski definition) is 1. The van der Waals surface area contributed by atoms with Crippen molar-refractivity contribution in [2.45, 2.75) is 18.7 Å². The number of carbonyl (C=O) groups is 1. The van der Waals surface area contributed by atoms with Crippen LogP contribution in [0.15, 0.2) is 53.4 Å². The Balaban J connectivity index is 1.66. The molecule has 2 heterocycles. The molecule has 2 aromatic carbocycles. The second kappa shape index (κ2) is 8.16. The van der Waals surface area contributed by atoms with Crippen LogP contribution in [0.2, 0.25) is 0 Å². The maximum atomic E-state index is 12.9. The topological polar surface area (TPSA) is 79.4 Å². The van der Waals surface area contributed by atoms with Crippen molar-refractivity contribution in [3.63, 3.8) is 0 Å². The van der Waals surface area contributed by atoms with Gasteiger partial charge in [0, 0.05) is 30.1 Å². The number of fused-ring (bicyclic) bond motifs is 1. The fraction of sp³-hybridized carbons (Fsp3) is 0.182. The minimum atomic E-state index is -3.54. The van der Waals surface area contributed by atoms with Crippen LogP contribution in [0.1, 0.15) is 20.8 Å². The van der Waals surface area contributed by atoms with Crippen molar-refractivity contribution in [1.82, 2.24) is 9.29 Å². The Morgan fingerprint density at radius 3 is 2.32 bits per heavy atom. The van der Waals surface area contributed by atoms with Crippen molar-refractivity contribution in [3.8, 4) is 10.6 Å². The molecule has 0 atom stereocenters. The lowest BCUT2D eigenvalue weighted by Gasteiger charge is -2.11. The van der Waals surface area contributed by atoms with Crippen molar-refractivity contribution in [1.29, 1.82) is 0 Å². The van der Waals surface area contributed by atoms with Gasteiger partial charge in [-0.15, -0.1) is 22.7 Å². The largest absolute Gasteiger partial charge is 0.313 e. The number of rotatable bonds is 5. The number of sulfonamides is 1. The normalized spacial score (nSPS) is 11.9. The molecule has 0 bridgehead atoms. The lowest BCUT2D eigenvalue weighted by Crippen LogP contribution is -2.22. The first-order valence-corrected chi connectivity index (χ1v) is 12.6. The second-order valence-electron chi connectivity index (χ2n) is 7.24. The predicted octanol–water partition coefficient (Wildman–Crippen LogP) is 5.14. The van der Waals surface area contributed by atoms with Crippen LogP contribution in [0.25, 0.3) is 20.8 Å². The molecule has 6 nitrogen and oxygen atoms in total. The zero-order chi connectivity index (χ0) is 22.3. The number of nitrogens with zero attached hydrogens (tertiary/aromatic N) is 2. The number of thiophene rings is 1. The first kappa shape index (κ1) is 21.6. The summed E-state index contributed by atoms with van der Waals surface area (Å²) in [6, 6.07) is 13.9. The van der Waals surface area contributed by atoms with E-state index in [1.807, 2.05) is 38.1 Å². The van der Waals surface area contributed by atoms with Crippen LogP contribution < -0.4 is 5.32 Å². The molecule has 0 aliphatic carbocycles. The predicted molar refractivity (Wildman–Crippen MR) is 128 cm³/mol. The molecule has 1 amide bonds. The molecule has 160 valence electrons. The SMILES string of the molecule is Cc1sc(NC(=O)c2ccc(S(=O)(=O)N(C)C)cc2)c(-c2nc3ccccc3s2)c1C. The summed E-state index contributed by atoms with van der Waals surface area (Å²) in [6.07, 6.45) is 0. The molecule has 0 saturated carbocycles. The minimum Gasteiger partial charge on any atom is -0.313 e. The lowest BCUT2D eigenvalue weighted by atomic mass is 10.1. The molecule has 0 aliphatic heterocycles. The Bertz CT molecular complexity index is 1350. The van der Waals surface area contributed by atoms with Crippen LogP contribution in [-0.4, -0.2) is 37.7 Å². The highest BCUT2D eigenvalue weighted by Crippen LogP contribution is 2.43. The van der Waals surface area contributed by atoms with Gasteiger partial charge in [-0.05, 0) is 55.8 Å². The zero-order valence-corrected chi connectivity index (χ0v) is 19.9. The number of thiazole rings is 1. The smallest absolute Gasteiger partial charge is 0.256 e. The van der Waals surface area contributed by atoms with Gasteiger partial charge < -0.3 is 5.32 Å². The monoisotopic (exact) mass is 471 g/mol. The Labute approximate surface area is 189 Å². The quantitative estimate of drug-likeness (QED) is 0.437. The average Bonchev–Trinajstić information content (AvgIpc) is 3.28. The van der Waals surface area contributed by atoms with Crippen LogP contribution in [-0.2, 0) is 10.0 Å². The summed E-state index contributed by atoms with van der Waals surface area (Å²) in [5.41, 5.74) is 3.34. The van der Waals surface area contributed by atoms with E-state index in [4.69, 9.17) is 4.98 Å². The molecule has 4 rings (SSSR count). The van der Waals surface area contributed by atoms with Crippen molar-refractivity contribution in [2.75, 3.05) is 19.4 Å². The van der Waals surface area contributed by atoms with E-state index in [1.165, 1.54) is 49.7 Å². The Kier molecular flexibility index (Phi) is 5.69. The van der Waals surface area contributed by atoms with Crippen molar-refractivity contribution in [3.05, 3.63) is 64.5 Å². The molecule has 0 radical (unpaired) electrons. The number of benzene rings is 2. The summed E-state index contributed by atoms with van der Waals surface area (Å²) in [7, 11) is -0.593. The number of anilines is 1. The molecule has 0 unspecified atom stereocenters. The lowest BCUT2D eigenvalue weighted by molar-refractivity contribution is 0.102. The summed E-state index contributed by atoms with van der Waals surface area (Å²) in [6.45, 7) is 4.05. The van der Waals surface area contributed by atoms with Crippen LogP contribution in [0.3, 0.4) is 0 Å². The van der Waals surface area contributed by atoms with Gasteiger partial charge >= 0.3 is 0 Å². The van der Waals surface area contributed by atoms with E-state index in [-0.39, 0.29) is 10.8 Å². The first-order valence-electron chi connectivity index (χ1n) is 9.48. The van der Waals surface area contributed by atoms with Gasteiger partial charge in [0.05, 0.1) is 15.1 Å². The number of aryl methyl sites for hydroxylation is 1. The maximum absolute atomic E-state index is 12.9. The van der Waals surface area contributed by atoms with Crippen LogP contribution in [0.4, 0.5) is 5.00 Å². The molecular formula is C22H21N3O3S3. The molecule has 2 aromatic heterocycles. The summed E-state index contributed by atoms with van der Waals surface area (Å²) in [5, 5.41) is 4.60. The summed E-state index contributed by atoms with van der Waals surface area (Å²) in [4.78, 5) is 18.9. The van der Waals surface area contributed by atoms with Gasteiger partial charge in [0.15, 0.2) is 0 Å². The van der Waals surface area contributed by atoms with E-state index >= 15 is 0 Å². The van der Waals surface area contributed by atoms with Crippen LogP contribution in [0, 0.1) is 13.8 Å².